The van der Waals surface area contributed by atoms with Crippen molar-refractivity contribution in [1.29, 1.82) is 0 Å². The minimum atomic E-state index is -4.17. The number of benzene rings is 2. The first kappa shape index (κ1) is 17.0. The second-order valence-corrected chi connectivity index (χ2v) is 7.24. The number of fused-ring (bicyclic) bond motifs is 1. The highest BCUT2D eigenvalue weighted by Gasteiger charge is 2.13. The van der Waals surface area contributed by atoms with Crippen LogP contribution < -0.4 is 0 Å². The maximum Gasteiger partial charge on any atom is 0.294 e. The standard InChI is InChI=1S/C18H24O3S/c1-3-5-7-14-9-10-18-15(8-6-4-2)12-17(22(19,20)21)13-16(18)11-14/h9-13H,3-8H2,1-2H3,(H,19,20,21). The summed E-state index contributed by atoms with van der Waals surface area (Å²) in [4.78, 5) is -0.00116. The predicted molar refractivity (Wildman–Crippen MR) is 91.0 cm³/mol. The minimum Gasteiger partial charge on any atom is -0.282 e. The van der Waals surface area contributed by atoms with E-state index in [2.05, 4.69) is 32.0 Å². The summed E-state index contributed by atoms with van der Waals surface area (Å²) < 4.78 is 32.4. The highest BCUT2D eigenvalue weighted by Crippen LogP contribution is 2.26. The SMILES string of the molecule is CCCCc1ccc2c(CCCC)cc(S(=O)(=O)O)cc2c1. The molecular weight excluding hydrogens is 296 g/mol. The number of hydrogen-bond donors (Lipinski definition) is 1. The van der Waals surface area contributed by atoms with Crippen LogP contribution in [0.4, 0.5) is 0 Å². The van der Waals surface area contributed by atoms with E-state index in [1.54, 1.807) is 12.1 Å². The average molecular weight is 320 g/mol. The summed E-state index contributed by atoms with van der Waals surface area (Å²) in [6, 6.07) is 9.45. The molecule has 2 aromatic carbocycles. The number of unbranched alkanes of at least 4 members (excludes halogenated alkanes) is 2. The van der Waals surface area contributed by atoms with Crippen molar-refractivity contribution in [1.82, 2.24) is 0 Å². The van der Waals surface area contributed by atoms with Crippen LogP contribution in [-0.2, 0) is 23.0 Å². The summed E-state index contributed by atoms with van der Waals surface area (Å²) in [5, 5.41) is 1.98. The van der Waals surface area contributed by atoms with Gasteiger partial charge < -0.3 is 0 Å². The van der Waals surface area contributed by atoms with Gasteiger partial charge in [-0.1, -0.05) is 44.9 Å². The fourth-order valence-corrected chi connectivity index (χ4v) is 3.29. The molecule has 0 saturated carbocycles. The van der Waals surface area contributed by atoms with E-state index in [4.69, 9.17) is 0 Å². The Hall–Kier alpha value is -1.39. The van der Waals surface area contributed by atoms with Crippen molar-refractivity contribution in [2.45, 2.75) is 57.3 Å². The van der Waals surface area contributed by atoms with Crippen LogP contribution in [0.15, 0.2) is 35.2 Å². The van der Waals surface area contributed by atoms with Gasteiger partial charge in [-0.2, -0.15) is 8.42 Å². The van der Waals surface area contributed by atoms with Crippen LogP contribution in [-0.4, -0.2) is 13.0 Å². The van der Waals surface area contributed by atoms with Crippen LogP contribution in [0.25, 0.3) is 10.8 Å². The average Bonchev–Trinajstić information content (AvgIpc) is 2.49. The van der Waals surface area contributed by atoms with Gasteiger partial charge in [0.15, 0.2) is 0 Å². The van der Waals surface area contributed by atoms with E-state index in [9.17, 15) is 13.0 Å². The second-order valence-electron chi connectivity index (χ2n) is 5.82. The van der Waals surface area contributed by atoms with Gasteiger partial charge in [0.1, 0.15) is 0 Å². The minimum absolute atomic E-state index is 0.00116. The van der Waals surface area contributed by atoms with Gasteiger partial charge in [-0.15, -0.1) is 0 Å². The fourth-order valence-electron chi connectivity index (χ4n) is 2.73. The maximum atomic E-state index is 11.5. The van der Waals surface area contributed by atoms with Gasteiger partial charge in [-0.25, -0.2) is 0 Å². The van der Waals surface area contributed by atoms with Crippen LogP contribution in [0.1, 0.15) is 50.7 Å². The Labute approximate surface area is 133 Å². The van der Waals surface area contributed by atoms with Crippen LogP contribution in [0.2, 0.25) is 0 Å². The van der Waals surface area contributed by atoms with Gasteiger partial charge >= 0.3 is 0 Å². The Morgan fingerprint density at radius 2 is 1.64 bits per heavy atom. The lowest BCUT2D eigenvalue weighted by Gasteiger charge is -2.10. The molecule has 0 fully saturated rings. The van der Waals surface area contributed by atoms with E-state index in [0.29, 0.717) is 0 Å². The molecule has 0 spiro atoms. The zero-order valence-corrected chi connectivity index (χ0v) is 14.1. The van der Waals surface area contributed by atoms with Crippen LogP contribution in [0.3, 0.4) is 0 Å². The molecule has 0 atom stereocenters. The normalized spacial score (nSPS) is 12.0. The summed E-state index contributed by atoms with van der Waals surface area (Å²) in [6.45, 7) is 4.26. The molecule has 2 rings (SSSR count). The first-order chi connectivity index (χ1) is 10.5. The van der Waals surface area contributed by atoms with E-state index in [-0.39, 0.29) is 4.90 Å². The van der Waals surface area contributed by atoms with E-state index in [1.807, 2.05) is 0 Å². The molecule has 0 aliphatic rings. The number of hydrogen-bond acceptors (Lipinski definition) is 2. The zero-order valence-electron chi connectivity index (χ0n) is 13.3. The number of rotatable bonds is 7. The Morgan fingerprint density at radius 1 is 0.955 bits per heavy atom. The fraction of sp³-hybridized carbons (Fsp3) is 0.444. The first-order valence-corrected chi connectivity index (χ1v) is 9.42. The molecule has 4 heteroatoms. The molecule has 0 aliphatic carbocycles. The van der Waals surface area contributed by atoms with Crippen molar-refractivity contribution in [2.24, 2.45) is 0 Å². The Kier molecular flexibility index (Phi) is 5.59. The molecule has 120 valence electrons. The van der Waals surface area contributed by atoms with Crippen molar-refractivity contribution in [3.8, 4) is 0 Å². The van der Waals surface area contributed by atoms with Crippen LogP contribution in [0, 0.1) is 0 Å². The summed E-state index contributed by atoms with van der Waals surface area (Å²) in [6.07, 6.45) is 6.11. The summed E-state index contributed by atoms with van der Waals surface area (Å²) in [5.41, 5.74) is 2.21. The van der Waals surface area contributed by atoms with Crippen molar-refractivity contribution < 1.29 is 13.0 Å². The van der Waals surface area contributed by atoms with Gasteiger partial charge in [0.25, 0.3) is 10.1 Å². The smallest absolute Gasteiger partial charge is 0.282 e. The zero-order chi connectivity index (χ0) is 16.2. The van der Waals surface area contributed by atoms with Crippen molar-refractivity contribution in [3.05, 3.63) is 41.5 Å². The van der Waals surface area contributed by atoms with E-state index in [0.717, 1.165) is 54.9 Å². The summed E-state index contributed by atoms with van der Waals surface area (Å²) in [7, 11) is -4.17. The van der Waals surface area contributed by atoms with E-state index >= 15 is 0 Å². The topological polar surface area (TPSA) is 54.4 Å². The Bertz CT molecular complexity index is 748. The molecule has 0 radical (unpaired) electrons. The molecule has 0 saturated heterocycles. The third kappa shape index (κ3) is 4.08. The lowest BCUT2D eigenvalue weighted by Crippen LogP contribution is -2.00. The third-order valence-electron chi connectivity index (χ3n) is 3.99. The van der Waals surface area contributed by atoms with E-state index in [1.165, 1.54) is 5.56 Å². The molecule has 22 heavy (non-hydrogen) atoms. The molecule has 0 amide bonds. The van der Waals surface area contributed by atoms with Gasteiger partial charge in [0, 0.05) is 0 Å². The molecular formula is C18H24O3S. The van der Waals surface area contributed by atoms with Crippen molar-refractivity contribution in [3.63, 3.8) is 0 Å². The van der Waals surface area contributed by atoms with E-state index < -0.39 is 10.1 Å². The predicted octanol–water partition coefficient (Wildman–Crippen LogP) is 4.77. The van der Waals surface area contributed by atoms with Gasteiger partial charge in [0.2, 0.25) is 0 Å². The summed E-state index contributed by atoms with van der Waals surface area (Å²) >= 11 is 0. The molecule has 2 aromatic rings. The second kappa shape index (κ2) is 7.25. The summed E-state index contributed by atoms with van der Waals surface area (Å²) in [5.74, 6) is 0. The van der Waals surface area contributed by atoms with Crippen molar-refractivity contribution in [2.75, 3.05) is 0 Å². The van der Waals surface area contributed by atoms with Gasteiger partial charge in [0.05, 0.1) is 4.90 Å². The number of aryl methyl sites for hydroxylation is 2. The highest BCUT2D eigenvalue weighted by molar-refractivity contribution is 7.85. The van der Waals surface area contributed by atoms with Crippen molar-refractivity contribution >= 4 is 20.9 Å². The molecule has 3 nitrogen and oxygen atoms in total. The first-order valence-electron chi connectivity index (χ1n) is 7.98. The molecule has 0 heterocycles. The van der Waals surface area contributed by atoms with Crippen LogP contribution in [0.5, 0.6) is 0 Å². The lowest BCUT2D eigenvalue weighted by atomic mass is 9.97. The third-order valence-corrected chi connectivity index (χ3v) is 4.82. The van der Waals surface area contributed by atoms with Crippen LogP contribution >= 0.6 is 0 Å². The molecule has 0 aromatic heterocycles. The molecule has 0 unspecified atom stereocenters. The maximum absolute atomic E-state index is 11.5. The Morgan fingerprint density at radius 3 is 2.27 bits per heavy atom. The molecule has 0 bridgehead atoms. The Balaban J connectivity index is 2.55. The van der Waals surface area contributed by atoms with Gasteiger partial charge in [-0.3, -0.25) is 4.55 Å². The lowest BCUT2D eigenvalue weighted by molar-refractivity contribution is 0.483. The molecule has 0 aliphatic heterocycles. The van der Waals surface area contributed by atoms with Gasteiger partial charge in [-0.05, 0) is 59.7 Å². The largest absolute Gasteiger partial charge is 0.294 e. The molecule has 1 N–H and O–H groups in total. The highest BCUT2D eigenvalue weighted by atomic mass is 32.2. The monoisotopic (exact) mass is 320 g/mol. The quantitative estimate of drug-likeness (QED) is 0.747.